The van der Waals surface area contributed by atoms with Gasteiger partial charge in [0.15, 0.2) is 0 Å². The van der Waals surface area contributed by atoms with Gasteiger partial charge in [-0.1, -0.05) is 11.6 Å². The van der Waals surface area contributed by atoms with Crippen LogP contribution in [0.1, 0.15) is 20.7 Å². The fourth-order valence-electron chi connectivity index (χ4n) is 1.77. The molecule has 0 radical (unpaired) electrons. The summed E-state index contributed by atoms with van der Waals surface area (Å²) >= 11 is 5.77. The minimum atomic E-state index is -0.680. The van der Waals surface area contributed by atoms with Crippen LogP contribution < -0.4 is 11.1 Å². The summed E-state index contributed by atoms with van der Waals surface area (Å²) in [5, 5.41) is 13.6. The van der Waals surface area contributed by atoms with Crippen molar-refractivity contribution in [3.05, 3.63) is 68.7 Å². The molecule has 112 valence electrons. The van der Waals surface area contributed by atoms with Crippen LogP contribution in [0.25, 0.3) is 0 Å². The van der Waals surface area contributed by atoms with Crippen LogP contribution in [0, 0.1) is 10.1 Å². The molecule has 0 fully saturated rings. The first-order valence-electron chi connectivity index (χ1n) is 6.03. The van der Waals surface area contributed by atoms with Crippen molar-refractivity contribution in [3.63, 3.8) is 0 Å². The Morgan fingerprint density at radius 2 is 1.77 bits per heavy atom. The minimum absolute atomic E-state index is 0.156. The fraction of sp³-hybridized carbons (Fsp3) is 0. The molecule has 0 spiro atoms. The zero-order valence-corrected chi connectivity index (χ0v) is 11.8. The number of halogens is 1. The van der Waals surface area contributed by atoms with E-state index in [1.807, 2.05) is 0 Å². The van der Waals surface area contributed by atoms with E-state index in [2.05, 4.69) is 5.32 Å². The van der Waals surface area contributed by atoms with Gasteiger partial charge in [-0.2, -0.15) is 0 Å². The molecule has 0 aromatic heterocycles. The Morgan fingerprint density at radius 3 is 2.32 bits per heavy atom. The Kier molecular flexibility index (Phi) is 4.38. The van der Waals surface area contributed by atoms with Gasteiger partial charge in [0.25, 0.3) is 11.6 Å². The lowest BCUT2D eigenvalue weighted by molar-refractivity contribution is -0.385. The Hall–Kier alpha value is -2.93. The number of nitrogens with two attached hydrogens (primary N) is 1. The molecule has 2 aromatic rings. The van der Waals surface area contributed by atoms with Gasteiger partial charge in [-0.25, -0.2) is 0 Å². The molecule has 0 saturated heterocycles. The molecule has 0 aliphatic rings. The highest BCUT2D eigenvalue weighted by Gasteiger charge is 2.20. The van der Waals surface area contributed by atoms with E-state index in [1.54, 1.807) is 0 Å². The summed E-state index contributed by atoms with van der Waals surface area (Å²) in [5.41, 5.74) is 5.25. The number of hydrogen-bond acceptors (Lipinski definition) is 4. The number of nitro benzene ring substituents is 1. The topological polar surface area (TPSA) is 115 Å². The summed E-state index contributed by atoms with van der Waals surface area (Å²) in [6.45, 7) is 0. The quantitative estimate of drug-likeness (QED) is 0.665. The third-order valence-electron chi connectivity index (χ3n) is 2.83. The summed E-state index contributed by atoms with van der Waals surface area (Å²) < 4.78 is 0. The minimum Gasteiger partial charge on any atom is -0.366 e. The molecule has 2 amide bonds. The second kappa shape index (κ2) is 6.23. The molecule has 2 rings (SSSR count). The molecule has 0 heterocycles. The van der Waals surface area contributed by atoms with E-state index in [1.165, 1.54) is 36.4 Å². The molecule has 0 atom stereocenters. The normalized spacial score (nSPS) is 10.0. The maximum atomic E-state index is 12.1. The number of anilines is 1. The lowest BCUT2D eigenvalue weighted by atomic mass is 10.1. The van der Waals surface area contributed by atoms with E-state index in [0.29, 0.717) is 5.69 Å². The van der Waals surface area contributed by atoms with Crippen molar-refractivity contribution in [2.75, 3.05) is 5.32 Å². The number of nitrogens with zero attached hydrogens (tertiary/aromatic N) is 1. The van der Waals surface area contributed by atoms with Crippen molar-refractivity contribution in [3.8, 4) is 0 Å². The van der Waals surface area contributed by atoms with Gasteiger partial charge in [0.1, 0.15) is 5.56 Å². The Morgan fingerprint density at radius 1 is 1.14 bits per heavy atom. The Labute approximate surface area is 129 Å². The van der Waals surface area contributed by atoms with E-state index in [9.17, 15) is 19.7 Å². The number of primary amides is 1. The largest absolute Gasteiger partial charge is 0.366 e. The predicted molar refractivity (Wildman–Crippen MR) is 81.0 cm³/mol. The molecule has 7 nitrogen and oxygen atoms in total. The van der Waals surface area contributed by atoms with Crippen LogP contribution in [0.2, 0.25) is 5.02 Å². The van der Waals surface area contributed by atoms with Gasteiger partial charge < -0.3 is 11.1 Å². The number of carbonyl (C=O) groups is 2. The van der Waals surface area contributed by atoms with Crippen LogP contribution in [0.3, 0.4) is 0 Å². The van der Waals surface area contributed by atoms with Crippen molar-refractivity contribution in [1.82, 2.24) is 0 Å². The van der Waals surface area contributed by atoms with E-state index in [-0.39, 0.29) is 21.8 Å². The molecular weight excluding hydrogens is 310 g/mol. The van der Waals surface area contributed by atoms with Crippen LogP contribution in [0.15, 0.2) is 42.5 Å². The molecule has 8 heteroatoms. The number of nitrogens with one attached hydrogen (secondary N) is 1. The highest BCUT2D eigenvalue weighted by molar-refractivity contribution is 6.31. The lowest BCUT2D eigenvalue weighted by Gasteiger charge is -2.06. The smallest absolute Gasteiger partial charge is 0.282 e. The Balaban J connectivity index is 2.27. The number of amides is 2. The van der Waals surface area contributed by atoms with Crippen LogP contribution >= 0.6 is 11.6 Å². The van der Waals surface area contributed by atoms with Crippen molar-refractivity contribution in [2.24, 2.45) is 5.73 Å². The first-order valence-corrected chi connectivity index (χ1v) is 6.41. The molecule has 0 aliphatic heterocycles. The van der Waals surface area contributed by atoms with Crippen LogP contribution in [-0.4, -0.2) is 16.7 Å². The molecule has 2 aromatic carbocycles. The van der Waals surface area contributed by atoms with E-state index < -0.39 is 16.7 Å². The summed E-state index contributed by atoms with van der Waals surface area (Å²) in [7, 11) is 0. The van der Waals surface area contributed by atoms with E-state index in [4.69, 9.17) is 17.3 Å². The summed E-state index contributed by atoms with van der Waals surface area (Å²) in [5.74, 6) is -1.27. The first-order chi connectivity index (χ1) is 10.4. The van der Waals surface area contributed by atoms with Crippen molar-refractivity contribution < 1.29 is 14.5 Å². The monoisotopic (exact) mass is 319 g/mol. The molecule has 0 saturated carbocycles. The van der Waals surface area contributed by atoms with Gasteiger partial charge >= 0.3 is 0 Å². The molecule has 0 unspecified atom stereocenters. The molecular formula is C14H10ClN3O4. The predicted octanol–water partition coefficient (Wildman–Crippen LogP) is 2.60. The zero-order valence-electron chi connectivity index (χ0n) is 11.1. The second-order valence-electron chi connectivity index (χ2n) is 4.31. The third-order valence-corrected chi connectivity index (χ3v) is 3.06. The summed E-state index contributed by atoms with van der Waals surface area (Å²) in [4.78, 5) is 33.4. The SMILES string of the molecule is NC(=O)c1ccc(NC(=O)c2cc(Cl)ccc2[N+](=O)[O-])cc1. The van der Waals surface area contributed by atoms with Crippen LogP contribution in [0.4, 0.5) is 11.4 Å². The van der Waals surface area contributed by atoms with E-state index >= 15 is 0 Å². The summed E-state index contributed by atoms with van der Waals surface area (Å²) in [6.07, 6.45) is 0. The van der Waals surface area contributed by atoms with Crippen molar-refractivity contribution in [2.45, 2.75) is 0 Å². The van der Waals surface area contributed by atoms with Gasteiger partial charge in [0.2, 0.25) is 5.91 Å². The summed E-state index contributed by atoms with van der Waals surface area (Å²) in [6, 6.07) is 9.51. The first kappa shape index (κ1) is 15.5. The second-order valence-corrected chi connectivity index (χ2v) is 4.75. The molecule has 0 aliphatic carbocycles. The maximum Gasteiger partial charge on any atom is 0.282 e. The highest BCUT2D eigenvalue weighted by atomic mass is 35.5. The van der Waals surface area contributed by atoms with Crippen molar-refractivity contribution >= 4 is 34.8 Å². The van der Waals surface area contributed by atoms with Crippen LogP contribution in [0.5, 0.6) is 0 Å². The zero-order chi connectivity index (χ0) is 16.3. The average Bonchev–Trinajstić information content (AvgIpc) is 2.47. The van der Waals surface area contributed by atoms with Gasteiger partial charge in [0, 0.05) is 22.3 Å². The maximum absolute atomic E-state index is 12.1. The fourth-order valence-corrected chi connectivity index (χ4v) is 1.94. The molecule has 22 heavy (non-hydrogen) atoms. The van der Waals surface area contributed by atoms with Crippen LogP contribution in [-0.2, 0) is 0 Å². The van der Waals surface area contributed by atoms with E-state index in [0.717, 1.165) is 6.07 Å². The third kappa shape index (κ3) is 3.39. The number of nitro groups is 1. The number of rotatable bonds is 4. The number of benzene rings is 2. The number of hydrogen-bond donors (Lipinski definition) is 2. The van der Waals surface area contributed by atoms with Gasteiger partial charge in [-0.15, -0.1) is 0 Å². The Bertz CT molecular complexity index is 759. The number of carbonyl (C=O) groups excluding carboxylic acids is 2. The standard InChI is InChI=1S/C14H10ClN3O4/c15-9-3-6-12(18(21)22)11(7-9)14(20)17-10-4-1-8(2-5-10)13(16)19/h1-7H,(H2,16,19)(H,17,20). The van der Waals surface area contributed by atoms with Gasteiger partial charge in [0.05, 0.1) is 4.92 Å². The molecule has 0 bridgehead atoms. The average molecular weight is 320 g/mol. The van der Waals surface area contributed by atoms with Gasteiger partial charge in [-0.05, 0) is 36.4 Å². The molecule has 3 N–H and O–H groups in total. The highest BCUT2D eigenvalue weighted by Crippen LogP contribution is 2.23. The lowest BCUT2D eigenvalue weighted by Crippen LogP contribution is -2.15. The van der Waals surface area contributed by atoms with Crippen molar-refractivity contribution in [1.29, 1.82) is 0 Å². The van der Waals surface area contributed by atoms with Gasteiger partial charge in [-0.3, -0.25) is 19.7 Å².